The molecule has 1 aromatic carbocycles. The van der Waals surface area contributed by atoms with Crippen LogP contribution in [0.15, 0.2) is 18.2 Å². The Morgan fingerprint density at radius 2 is 1.74 bits per heavy atom. The molecule has 6 heteroatoms. The summed E-state index contributed by atoms with van der Waals surface area (Å²) < 4.78 is 16.3. The van der Waals surface area contributed by atoms with E-state index in [1.165, 1.54) is 0 Å². The normalized spacial score (nSPS) is 20.3. The van der Waals surface area contributed by atoms with Crippen LogP contribution in [0, 0.1) is 0 Å². The zero-order chi connectivity index (χ0) is 20.1. The summed E-state index contributed by atoms with van der Waals surface area (Å²) in [7, 11) is 3.24. The summed E-state index contributed by atoms with van der Waals surface area (Å²) >= 11 is 0. The number of rotatable bonds is 9. The standard InChI is InChI=1S/C21H36N2O4/c1-20(2)10-16(11-21(3,4)23-20)22-12-17(24)14-27-13-15-7-8-18(25-5)19(9-15)26-6/h7-9,16-17,22-24H,10-14H2,1-6H3/p+2/t17-/m0/s1. The molecule has 1 fully saturated rings. The van der Waals surface area contributed by atoms with Crippen molar-refractivity contribution in [2.45, 2.75) is 70.4 Å². The molecular formula is C21H38N2O4+2. The molecule has 2 rings (SSSR count). The fraction of sp³-hybridized carbons (Fsp3) is 0.714. The predicted molar refractivity (Wildman–Crippen MR) is 105 cm³/mol. The molecule has 27 heavy (non-hydrogen) atoms. The zero-order valence-electron chi connectivity index (χ0n) is 17.7. The van der Waals surface area contributed by atoms with Crippen molar-refractivity contribution in [3.63, 3.8) is 0 Å². The van der Waals surface area contributed by atoms with Crippen LogP contribution >= 0.6 is 0 Å². The quantitative estimate of drug-likeness (QED) is 0.579. The van der Waals surface area contributed by atoms with Crippen LogP contribution in [0.4, 0.5) is 0 Å². The Morgan fingerprint density at radius 3 is 2.33 bits per heavy atom. The molecule has 0 aliphatic carbocycles. The first-order valence-corrected chi connectivity index (χ1v) is 9.81. The summed E-state index contributed by atoms with van der Waals surface area (Å²) in [6.45, 7) is 10.7. The number of aliphatic hydroxyl groups excluding tert-OH is 1. The third-order valence-electron chi connectivity index (χ3n) is 5.13. The summed E-state index contributed by atoms with van der Waals surface area (Å²) in [4.78, 5) is 0. The summed E-state index contributed by atoms with van der Waals surface area (Å²) in [5.74, 6) is 1.39. The van der Waals surface area contributed by atoms with Crippen molar-refractivity contribution in [1.82, 2.24) is 0 Å². The molecule has 1 heterocycles. The third-order valence-corrected chi connectivity index (χ3v) is 5.13. The molecule has 1 aliphatic heterocycles. The number of hydrogen-bond donors (Lipinski definition) is 3. The van der Waals surface area contributed by atoms with Crippen LogP contribution in [0.5, 0.6) is 11.5 Å². The van der Waals surface area contributed by atoms with Gasteiger partial charge in [0.1, 0.15) is 12.6 Å². The lowest BCUT2D eigenvalue weighted by molar-refractivity contribution is -0.814. The Balaban J connectivity index is 1.74. The lowest BCUT2D eigenvalue weighted by Crippen LogP contribution is -3.09. The van der Waals surface area contributed by atoms with Gasteiger partial charge in [-0.2, -0.15) is 0 Å². The van der Waals surface area contributed by atoms with E-state index in [1.54, 1.807) is 14.2 Å². The van der Waals surface area contributed by atoms with E-state index in [-0.39, 0.29) is 11.1 Å². The average Bonchev–Trinajstić information content (AvgIpc) is 2.57. The van der Waals surface area contributed by atoms with Crippen LogP contribution in [-0.4, -0.2) is 55.7 Å². The first-order valence-electron chi connectivity index (χ1n) is 9.81. The van der Waals surface area contributed by atoms with Gasteiger partial charge in [0.15, 0.2) is 11.5 Å². The molecule has 1 aromatic rings. The molecule has 0 amide bonds. The van der Waals surface area contributed by atoms with Gasteiger partial charge in [-0.25, -0.2) is 0 Å². The number of nitrogens with two attached hydrogens (primary N) is 2. The summed E-state index contributed by atoms with van der Waals surface area (Å²) in [6, 6.07) is 6.26. The maximum Gasteiger partial charge on any atom is 0.161 e. The fourth-order valence-corrected chi connectivity index (χ4v) is 4.47. The van der Waals surface area contributed by atoms with E-state index < -0.39 is 6.10 Å². The van der Waals surface area contributed by atoms with E-state index >= 15 is 0 Å². The highest BCUT2D eigenvalue weighted by atomic mass is 16.5. The molecule has 1 saturated heterocycles. The highest BCUT2D eigenvalue weighted by molar-refractivity contribution is 5.42. The molecule has 6 nitrogen and oxygen atoms in total. The van der Waals surface area contributed by atoms with Crippen LogP contribution in [0.25, 0.3) is 0 Å². The Labute approximate surface area is 163 Å². The van der Waals surface area contributed by atoms with E-state index in [0.717, 1.165) is 18.4 Å². The largest absolute Gasteiger partial charge is 0.493 e. The van der Waals surface area contributed by atoms with Crippen LogP contribution in [-0.2, 0) is 11.3 Å². The van der Waals surface area contributed by atoms with Gasteiger partial charge in [-0.15, -0.1) is 0 Å². The van der Waals surface area contributed by atoms with E-state index in [0.29, 0.717) is 37.3 Å². The summed E-state index contributed by atoms with van der Waals surface area (Å²) in [6.07, 6.45) is 1.83. The smallest absolute Gasteiger partial charge is 0.161 e. The van der Waals surface area contributed by atoms with E-state index in [1.807, 2.05) is 18.2 Å². The number of methoxy groups -OCH3 is 2. The molecule has 5 N–H and O–H groups in total. The number of quaternary nitrogens is 2. The summed E-state index contributed by atoms with van der Waals surface area (Å²) in [5, 5.41) is 15.1. The van der Waals surface area contributed by atoms with E-state index in [9.17, 15) is 5.11 Å². The minimum absolute atomic E-state index is 0.248. The van der Waals surface area contributed by atoms with Crippen molar-refractivity contribution in [3.8, 4) is 11.5 Å². The fourth-order valence-electron chi connectivity index (χ4n) is 4.47. The van der Waals surface area contributed by atoms with Crippen LogP contribution < -0.4 is 20.1 Å². The first-order chi connectivity index (χ1) is 12.6. The molecule has 0 radical (unpaired) electrons. The number of ether oxygens (including phenoxy) is 3. The van der Waals surface area contributed by atoms with E-state index in [2.05, 4.69) is 38.3 Å². The average molecular weight is 383 g/mol. The molecule has 0 saturated carbocycles. The van der Waals surface area contributed by atoms with Crippen molar-refractivity contribution in [1.29, 1.82) is 0 Å². The molecular weight excluding hydrogens is 344 g/mol. The van der Waals surface area contributed by atoms with Gasteiger partial charge < -0.3 is 30.0 Å². The lowest BCUT2D eigenvalue weighted by Gasteiger charge is -2.41. The predicted octanol–water partition coefficient (Wildman–Crippen LogP) is 0.428. The molecule has 1 atom stereocenters. The second-order valence-electron chi connectivity index (χ2n) is 9.12. The van der Waals surface area contributed by atoms with Crippen molar-refractivity contribution in [2.24, 2.45) is 0 Å². The maximum atomic E-state index is 10.3. The van der Waals surface area contributed by atoms with Crippen LogP contribution in [0.2, 0.25) is 0 Å². The molecule has 0 bridgehead atoms. The highest BCUT2D eigenvalue weighted by Gasteiger charge is 2.43. The molecule has 1 aliphatic rings. The second-order valence-corrected chi connectivity index (χ2v) is 9.12. The Hall–Kier alpha value is -1.34. The van der Waals surface area contributed by atoms with Crippen LogP contribution in [0.3, 0.4) is 0 Å². The Kier molecular flexibility index (Phi) is 7.51. The summed E-state index contributed by atoms with van der Waals surface area (Å²) in [5.41, 5.74) is 1.49. The van der Waals surface area contributed by atoms with Gasteiger partial charge in [0, 0.05) is 0 Å². The minimum Gasteiger partial charge on any atom is -0.493 e. The molecule has 0 spiro atoms. The number of aliphatic hydroxyl groups is 1. The highest BCUT2D eigenvalue weighted by Crippen LogP contribution is 2.27. The lowest BCUT2D eigenvalue weighted by atomic mass is 9.79. The van der Waals surface area contributed by atoms with Gasteiger partial charge in [0.05, 0.1) is 57.4 Å². The Bertz CT molecular complexity index is 588. The third kappa shape index (κ3) is 6.96. The van der Waals surface area contributed by atoms with Gasteiger partial charge >= 0.3 is 0 Å². The van der Waals surface area contributed by atoms with Crippen molar-refractivity contribution >= 4 is 0 Å². The van der Waals surface area contributed by atoms with Crippen molar-refractivity contribution in [3.05, 3.63) is 23.8 Å². The topological polar surface area (TPSA) is 81.1 Å². The van der Waals surface area contributed by atoms with Gasteiger partial charge in [-0.1, -0.05) is 6.07 Å². The monoisotopic (exact) mass is 382 g/mol. The van der Waals surface area contributed by atoms with Crippen molar-refractivity contribution in [2.75, 3.05) is 27.4 Å². The van der Waals surface area contributed by atoms with Crippen LogP contribution in [0.1, 0.15) is 46.1 Å². The van der Waals surface area contributed by atoms with Gasteiger partial charge in [0.2, 0.25) is 0 Å². The van der Waals surface area contributed by atoms with Crippen molar-refractivity contribution < 1.29 is 30.0 Å². The van der Waals surface area contributed by atoms with Gasteiger partial charge in [-0.05, 0) is 45.4 Å². The second kappa shape index (κ2) is 9.24. The van der Waals surface area contributed by atoms with Gasteiger partial charge in [0.25, 0.3) is 0 Å². The molecule has 0 aromatic heterocycles. The number of piperidine rings is 1. The SMILES string of the molecule is COc1ccc(COC[C@@H](O)C[NH2+]C2CC(C)(C)[NH2+]C(C)(C)C2)cc1OC. The first kappa shape index (κ1) is 22.0. The zero-order valence-corrected chi connectivity index (χ0v) is 17.7. The van der Waals surface area contributed by atoms with Gasteiger partial charge in [-0.3, -0.25) is 0 Å². The van der Waals surface area contributed by atoms with E-state index in [4.69, 9.17) is 14.2 Å². The number of benzene rings is 1. The maximum absolute atomic E-state index is 10.3. The number of hydrogen-bond acceptors (Lipinski definition) is 4. The molecule has 0 unspecified atom stereocenters. The minimum atomic E-state index is -0.470. The molecule has 154 valence electrons. The Morgan fingerprint density at radius 1 is 1.11 bits per heavy atom.